The van der Waals surface area contributed by atoms with Crippen LogP contribution in [-0.2, 0) is 14.2 Å². The number of benzene rings is 2. The molecule has 2 aromatic rings. The van der Waals surface area contributed by atoms with E-state index in [2.05, 4.69) is 6.92 Å². The summed E-state index contributed by atoms with van der Waals surface area (Å²) in [6, 6.07) is 14.5. The first-order valence-electron chi connectivity index (χ1n) is 9.77. The Labute approximate surface area is 172 Å². The normalized spacial score (nSPS) is 16.6. The molecular formula is C23H30O6. The first-order valence-corrected chi connectivity index (χ1v) is 9.77. The molecule has 1 N–H and O–H groups in total. The van der Waals surface area contributed by atoms with E-state index in [4.69, 9.17) is 24.1 Å². The highest BCUT2D eigenvalue weighted by Gasteiger charge is 2.12. The van der Waals surface area contributed by atoms with Gasteiger partial charge in [0.25, 0.3) is 0 Å². The van der Waals surface area contributed by atoms with Gasteiger partial charge in [-0.1, -0.05) is 31.2 Å². The fraction of sp³-hybridized carbons (Fsp3) is 0.435. The van der Waals surface area contributed by atoms with Crippen LogP contribution in [0, 0.1) is 0 Å². The van der Waals surface area contributed by atoms with Crippen LogP contribution in [0.15, 0.2) is 48.5 Å². The van der Waals surface area contributed by atoms with Crippen LogP contribution in [0.25, 0.3) is 11.1 Å². The van der Waals surface area contributed by atoms with Crippen molar-refractivity contribution in [2.45, 2.75) is 32.0 Å². The number of carboxylic acid groups (broad SMARTS) is 1. The van der Waals surface area contributed by atoms with Gasteiger partial charge in [0, 0.05) is 20.8 Å². The van der Waals surface area contributed by atoms with E-state index in [1.54, 1.807) is 38.5 Å². The van der Waals surface area contributed by atoms with Gasteiger partial charge < -0.3 is 24.1 Å². The molecule has 0 aliphatic carbocycles. The van der Waals surface area contributed by atoms with Gasteiger partial charge in [0.1, 0.15) is 12.4 Å². The number of rotatable bonds is 8. The van der Waals surface area contributed by atoms with Crippen molar-refractivity contribution in [2.75, 3.05) is 34.0 Å². The fourth-order valence-electron chi connectivity index (χ4n) is 2.79. The van der Waals surface area contributed by atoms with Crippen molar-refractivity contribution in [1.29, 1.82) is 0 Å². The number of hydrogen-bond acceptors (Lipinski definition) is 5. The molecule has 29 heavy (non-hydrogen) atoms. The Kier molecular flexibility index (Phi) is 9.64. The second-order valence-corrected chi connectivity index (χ2v) is 6.71. The molecule has 0 spiro atoms. The van der Waals surface area contributed by atoms with Crippen molar-refractivity contribution < 1.29 is 28.8 Å². The Bertz CT molecular complexity index is 716. The highest BCUT2D eigenvalue weighted by atomic mass is 16.5. The summed E-state index contributed by atoms with van der Waals surface area (Å²) in [6.07, 6.45) is 2.45. The van der Waals surface area contributed by atoms with Gasteiger partial charge >= 0.3 is 5.97 Å². The van der Waals surface area contributed by atoms with Gasteiger partial charge in [0.05, 0.1) is 24.4 Å². The number of ether oxygens (including phenoxy) is 4. The molecule has 0 saturated carbocycles. The van der Waals surface area contributed by atoms with Crippen LogP contribution >= 0.6 is 0 Å². The van der Waals surface area contributed by atoms with Gasteiger partial charge in [-0.3, -0.25) is 0 Å². The molecule has 0 amide bonds. The van der Waals surface area contributed by atoms with E-state index in [1.165, 1.54) is 0 Å². The standard InChI is InChI=1S/C18H20O4.C5H10O2/c1-3-16(21-2)12-22-17-10-8-14(9-11-17)13-4-6-15(7-5-13)18(19)20;1-6-5-2-3-7-4-5/h4-11,16H,3,12H2,1-2H3,(H,19,20);5H,2-4H2,1H3/t16-;/m0./s1. The SMILES string of the molecule is CC[C@@H](COc1ccc(-c2ccc(C(=O)O)cc2)cc1)OC.COC1CCOC1. The van der Waals surface area contributed by atoms with Crippen LogP contribution in [0.4, 0.5) is 0 Å². The Morgan fingerprint density at radius 3 is 2.14 bits per heavy atom. The molecular weight excluding hydrogens is 372 g/mol. The van der Waals surface area contributed by atoms with Crippen molar-refractivity contribution in [2.24, 2.45) is 0 Å². The van der Waals surface area contributed by atoms with Crippen LogP contribution < -0.4 is 4.74 Å². The number of hydrogen-bond donors (Lipinski definition) is 1. The lowest BCUT2D eigenvalue weighted by molar-refractivity contribution is 0.0556. The van der Waals surface area contributed by atoms with E-state index < -0.39 is 5.97 Å². The molecule has 6 heteroatoms. The summed E-state index contributed by atoms with van der Waals surface area (Å²) in [5.41, 5.74) is 2.27. The van der Waals surface area contributed by atoms with E-state index in [0.29, 0.717) is 12.7 Å². The van der Waals surface area contributed by atoms with Crippen LogP contribution in [0.5, 0.6) is 5.75 Å². The lowest BCUT2D eigenvalue weighted by Crippen LogP contribution is -2.18. The van der Waals surface area contributed by atoms with Crippen LogP contribution in [0.2, 0.25) is 0 Å². The zero-order chi connectivity index (χ0) is 21.1. The average Bonchev–Trinajstić information content (AvgIpc) is 3.29. The van der Waals surface area contributed by atoms with E-state index >= 15 is 0 Å². The Morgan fingerprint density at radius 1 is 1.10 bits per heavy atom. The third kappa shape index (κ3) is 7.49. The Balaban J connectivity index is 0.000000360. The van der Waals surface area contributed by atoms with Crippen molar-refractivity contribution in [3.63, 3.8) is 0 Å². The molecule has 0 bridgehead atoms. The topological polar surface area (TPSA) is 74.2 Å². The molecule has 0 aromatic heterocycles. The molecule has 3 rings (SSSR count). The minimum Gasteiger partial charge on any atom is -0.491 e. The summed E-state index contributed by atoms with van der Waals surface area (Å²) in [7, 11) is 3.40. The zero-order valence-corrected chi connectivity index (χ0v) is 17.3. The maximum atomic E-state index is 10.8. The van der Waals surface area contributed by atoms with E-state index in [-0.39, 0.29) is 11.7 Å². The van der Waals surface area contributed by atoms with Crippen LogP contribution in [0.3, 0.4) is 0 Å². The predicted molar refractivity (Wildman–Crippen MR) is 112 cm³/mol. The molecule has 0 radical (unpaired) electrons. The molecule has 6 nitrogen and oxygen atoms in total. The minimum atomic E-state index is -0.918. The fourth-order valence-corrected chi connectivity index (χ4v) is 2.79. The molecule has 1 fully saturated rings. The molecule has 2 aromatic carbocycles. The molecule has 1 unspecified atom stereocenters. The molecule has 2 atom stereocenters. The van der Waals surface area contributed by atoms with E-state index in [0.717, 1.165) is 42.9 Å². The van der Waals surface area contributed by atoms with Gasteiger partial charge in [0.15, 0.2) is 0 Å². The molecule has 1 saturated heterocycles. The average molecular weight is 402 g/mol. The van der Waals surface area contributed by atoms with Crippen molar-refractivity contribution >= 4 is 5.97 Å². The van der Waals surface area contributed by atoms with Crippen LogP contribution in [0.1, 0.15) is 30.1 Å². The lowest BCUT2D eigenvalue weighted by Gasteiger charge is -2.14. The number of carboxylic acids is 1. The van der Waals surface area contributed by atoms with E-state index in [1.807, 2.05) is 24.3 Å². The number of carbonyl (C=O) groups is 1. The Morgan fingerprint density at radius 2 is 1.72 bits per heavy atom. The molecule has 158 valence electrons. The van der Waals surface area contributed by atoms with Crippen LogP contribution in [-0.4, -0.2) is 57.3 Å². The monoisotopic (exact) mass is 402 g/mol. The summed E-state index contributed by atoms with van der Waals surface area (Å²) in [5.74, 6) is -0.125. The molecule has 1 heterocycles. The number of methoxy groups -OCH3 is 2. The first-order chi connectivity index (χ1) is 14.1. The quantitative estimate of drug-likeness (QED) is 0.711. The van der Waals surface area contributed by atoms with Crippen molar-refractivity contribution in [1.82, 2.24) is 0 Å². The molecule has 1 aliphatic heterocycles. The predicted octanol–water partition coefficient (Wildman–Crippen LogP) is 4.28. The summed E-state index contributed by atoms with van der Waals surface area (Å²) < 4.78 is 21.0. The maximum Gasteiger partial charge on any atom is 0.335 e. The van der Waals surface area contributed by atoms with Crippen molar-refractivity contribution in [3.05, 3.63) is 54.1 Å². The van der Waals surface area contributed by atoms with E-state index in [9.17, 15) is 4.79 Å². The third-order valence-corrected chi connectivity index (χ3v) is 4.77. The highest BCUT2D eigenvalue weighted by molar-refractivity contribution is 5.88. The van der Waals surface area contributed by atoms with Gasteiger partial charge in [-0.05, 0) is 48.2 Å². The summed E-state index contributed by atoms with van der Waals surface area (Å²) >= 11 is 0. The highest BCUT2D eigenvalue weighted by Crippen LogP contribution is 2.23. The third-order valence-electron chi connectivity index (χ3n) is 4.77. The summed E-state index contributed by atoms with van der Waals surface area (Å²) in [6.45, 7) is 4.25. The summed E-state index contributed by atoms with van der Waals surface area (Å²) in [5, 5.41) is 8.90. The van der Waals surface area contributed by atoms with Gasteiger partial charge in [0.2, 0.25) is 0 Å². The van der Waals surface area contributed by atoms with Gasteiger partial charge in [-0.2, -0.15) is 0 Å². The molecule has 1 aliphatic rings. The van der Waals surface area contributed by atoms with Gasteiger partial charge in [-0.15, -0.1) is 0 Å². The Hall–Kier alpha value is -2.41. The minimum absolute atomic E-state index is 0.100. The smallest absolute Gasteiger partial charge is 0.335 e. The van der Waals surface area contributed by atoms with Gasteiger partial charge in [-0.25, -0.2) is 4.79 Å². The summed E-state index contributed by atoms with van der Waals surface area (Å²) in [4.78, 5) is 10.8. The second kappa shape index (κ2) is 12.2. The largest absolute Gasteiger partial charge is 0.491 e. The number of aromatic carboxylic acids is 1. The second-order valence-electron chi connectivity index (χ2n) is 6.71. The maximum absolute atomic E-state index is 10.8. The van der Waals surface area contributed by atoms with Crippen molar-refractivity contribution in [3.8, 4) is 16.9 Å². The first kappa shape index (κ1) is 22.9. The zero-order valence-electron chi connectivity index (χ0n) is 17.3. The lowest BCUT2D eigenvalue weighted by atomic mass is 10.0.